The molecule has 37 heavy (non-hydrogen) atoms. The van der Waals surface area contributed by atoms with Gasteiger partial charge in [-0.2, -0.15) is 9.97 Å². The SMILES string of the molecule is CC.CC.CCCN(CCC)c1cc(C(=O)NNc2cccc(C)c2)nc(OCCN2CCOCC2)n1. The molecule has 1 saturated heterocycles. The van der Waals surface area contributed by atoms with Crippen LogP contribution in [0.3, 0.4) is 0 Å². The highest BCUT2D eigenvalue weighted by Gasteiger charge is 2.17. The van der Waals surface area contributed by atoms with Gasteiger partial charge < -0.3 is 14.4 Å². The zero-order valence-electron chi connectivity index (χ0n) is 24.0. The van der Waals surface area contributed by atoms with Crippen molar-refractivity contribution >= 4 is 17.4 Å². The Balaban J connectivity index is 0.00000163. The first-order valence-electron chi connectivity index (χ1n) is 13.8. The number of anilines is 2. The highest BCUT2D eigenvalue weighted by Crippen LogP contribution is 2.18. The van der Waals surface area contributed by atoms with Crippen LogP contribution in [0.4, 0.5) is 11.5 Å². The molecule has 1 aromatic carbocycles. The molecule has 0 aliphatic carbocycles. The first-order valence-corrected chi connectivity index (χ1v) is 13.8. The largest absolute Gasteiger partial charge is 0.462 e. The molecule has 2 N–H and O–H groups in total. The number of amides is 1. The van der Waals surface area contributed by atoms with Gasteiger partial charge >= 0.3 is 6.01 Å². The van der Waals surface area contributed by atoms with Gasteiger partial charge in [-0.3, -0.25) is 20.5 Å². The van der Waals surface area contributed by atoms with Gasteiger partial charge in [0.05, 0.1) is 18.9 Å². The fraction of sp³-hybridized carbons (Fsp3) is 0.607. The number of nitrogens with one attached hydrogen (secondary N) is 2. The molecule has 0 saturated carbocycles. The molecule has 1 aliphatic heterocycles. The topological polar surface area (TPSA) is 91.9 Å². The second-order valence-corrected chi connectivity index (χ2v) is 8.13. The number of hydrogen-bond acceptors (Lipinski definition) is 8. The molecule has 1 aliphatic rings. The number of aryl methyl sites for hydroxylation is 1. The monoisotopic (exact) mass is 516 g/mol. The molecule has 0 spiro atoms. The predicted octanol–water partition coefficient (Wildman–Crippen LogP) is 4.93. The molecule has 1 aromatic heterocycles. The van der Waals surface area contributed by atoms with Crippen LogP contribution in [-0.4, -0.2) is 73.3 Å². The first-order chi connectivity index (χ1) is 18.1. The third kappa shape index (κ3) is 11.8. The summed E-state index contributed by atoms with van der Waals surface area (Å²) in [5.74, 6) is 0.363. The molecular weight excluding hydrogens is 468 g/mol. The summed E-state index contributed by atoms with van der Waals surface area (Å²) in [7, 11) is 0. The summed E-state index contributed by atoms with van der Waals surface area (Å²) in [6.07, 6.45) is 1.96. The minimum Gasteiger partial charge on any atom is -0.462 e. The van der Waals surface area contributed by atoms with E-state index in [0.29, 0.717) is 12.4 Å². The number of rotatable bonds is 12. The van der Waals surface area contributed by atoms with Crippen molar-refractivity contribution in [3.8, 4) is 6.01 Å². The number of aromatic nitrogens is 2. The van der Waals surface area contributed by atoms with Crippen LogP contribution in [0.15, 0.2) is 30.3 Å². The lowest BCUT2D eigenvalue weighted by Crippen LogP contribution is -2.38. The summed E-state index contributed by atoms with van der Waals surface area (Å²) in [5, 5.41) is 0. The van der Waals surface area contributed by atoms with Crippen LogP contribution >= 0.6 is 0 Å². The van der Waals surface area contributed by atoms with Gasteiger partial charge in [0.25, 0.3) is 5.91 Å². The highest BCUT2D eigenvalue weighted by molar-refractivity contribution is 5.93. The highest BCUT2D eigenvalue weighted by atomic mass is 16.5. The van der Waals surface area contributed by atoms with Crippen LogP contribution in [0, 0.1) is 6.92 Å². The number of morpholine rings is 1. The van der Waals surface area contributed by atoms with Crippen LogP contribution in [0.5, 0.6) is 6.01 Å². The van der Waals surface area contributed by atoms with E-state index < -0.39 is 0 Å². The maximum absolute atomic E-state index is 12.9. The molecule has 1 fully saturated rings. The molecule has 3 rings (SSSR count). The molecule has 9 heteroatoms. The zero-order chi connectivity index (χ0) is 27.5. The molecule has 9 nitrogen and oxygen atoms in total. The number of carbonyl (C=O) groups is 1. The molecule has 2 aromatic rings. The summed E-state index contributed by atoms with van der Waals surface area (Å²) >= 11 is 0. The zero-order valence-corrected chi connectivity index (χ0v) is 24.0. The van der Waals surface area contributed by atoms with Gasteiger partial charge in [-0.05, 0) is 37.5 Å². The van der Waals surface area contributed by atoms with Gasteiger partial charge in [-0.1, -0.05) is 53.7 Å². The van der Waals surface area contributed by atoms with E-state index in [4.69, 9.17) is 9.47 Å². The minimum absolute atomic E-state index is 0.221. The van der Waals surface area contributed by atoms with Crippen LogP contribution in [0.2, 0.25) is 0 Å². The van der Waals surface area contributed by atoms with Crippen molar-refractivity contribution < 1.29 is 14.3 Å². The number of hydrazine groups is 1. The summed E-state index contributed by atoms with van der Waals surface area (Å²) in [5.41, 5.74) is 7.86. The average Bonchev–Trinajstić information content (AvgIpc) is 2.94. The van der Waals surface area contributed by atoms with E-state index in [1.165, 1.54) is 0 Å². The Kier molecular flexibility index (Phi) is 16.7. The van der Waals surface area contributed by atoms with Gasteiger partial charge in [-0.15, -0.1) is 0 Å². The van der Waals surface area contributed by atoms with Crippen molar-refractivity contribution in [1.82, 2.24) is 20.3 Å². The molecule has 0 unspecified atom stereocenters. The lowest BCUT2D eigenvalue weighted by atomic mass is 10.2. The van der Waals surface area contributed by atoms with Crippen molar-refractivity contribution in [1.29, 1.82) is 0 Å². The predicted molar refractivity (Wildman–Crippen MR) is 153 cm³/mol. The van der Waals surface area contributed by atoms with Gasteiger partial charge in [-0.25, -0.2) is 0 Å². The molecule has 1 amide bonds. The van der Waals surface area contributed by atoms with Crippen LogP contribution in [-0.2, 0) is 4.74 Å². The van der Waals surface area contributed by atoms with Gasteiger partial charge in [0.1, 0.15) is 18.1 Å². The van der Waals surface area contributed by atoms with E-state index in [1.54, 1.807) is 6.07 Å². The number of hydrogen-bond donors (Lipinski definition) is 2. The van der Waals surface area contributed by atoms with Crippen LogP contribution < -0.4 is 20.5 Å². The maximum Gasteiger partial charge on any atom is 0.319 e. The molecule has 0 atom stereocenters. The second-order valence-electron chi connectivity index (χ2n) is 8.13. The van der Waals surface area contributed by atoms with Crippen molar-refractivity contribution in [3.05, 3.63) is 41.6 Å². The van der Waals surface area contributed by atoms with Gasteiger partial charge in [0, 0.05) is 38.8 Å². The number of nitrogens with zero attached hydrogens (tertiary/aromatic N) is 4. The van der Waals surface area contributed by atoms with Crippen molar-refractivity contribution in [2.45, 2.75) is 61.3 Å². The molecule has 0 bridgehead atoms. The number of ether oxygens (including phenoxy) is 2. The Morgan fingerprint density at radius 3 is 2.35 bits per heavy atom. The third-order valence-electron chi connectivity index (χ3n) is 5.32. The fourth-order valence-electron chi connectivity index (χ4n) is 3.64. The van der Waals surface area contributed by atoms with Crippen molar-refractivity contribution in [2.24, 2.45) is 0 Å². The van der Waals surface area contributed by atoms with E-state index in [1.807, 2.05) is 58.9 Å². The average molecular weight is 517 g/mol. The normalized spacial score (nSPS) is 12.8. The smallest absolute Gasteiger partial charge is 0.319 e. The molecule has 208 valence electrons. The molecular formula is C28H48N6O3. The van der Waals surface area contributed by atoms with E-state index in [9.17, 15) is 4.79 Å². The minimum atomic E-state index is -0.342. The van der Waals surface area contributed by atoms with Gasteiger partial charge in [0.15, 0.2) is 0 Å². The Morgan fingerprint density at radius 1 is 1.05 bits per heavy atom. The number of benzene rings is 1. The second kappa shape index (κ2) is 19.2. The van der Waals surface area contributed by atoms with Crippen molar-refractivity contribution in [3.63, 3.8) is 0 Å². The lowest BCUT2D eigenvalue weighted by Gasteiger charge is -2.26. The Labute approximate surface area is 223 Å². The fourth-order valence-corrected chi connectivity index (χ4v) is 3.64. The van der Waals surface area contributed by atoms with Crippen LogP contribution in [0.25, 0.3) is 0 Å². The Bertz CT molecular complexity index is 884. The van der Waals surface area contributed by atoms with Crippen molar-refractivity contribution in [2.75, 3.05) is 62.9 Å². The van der Waals surface area contributed by atoms with E-state index in [2.05, 4.69) is 44.5 Å². The summed E-state index contributed by atoms with van der Waals surface area (Å²) < 4.78 is 11.3. The lowest BCUT2D eigenvalue weighted by molar-refractivity contribution is 0.0317. The summed E-state index contributed by atoms with van der Waals surface area (Å²) in [6.45, 7) is 20.4. The Hall–Kier alpha value is -2.91. The maximum atomic E-state index is 12.9. The van der Waals surface area contributed by atoms with Crippen LogP contribution in [0.1, 0.15) is 70.4 Å². The van der Waals surface area contributed by atoms with E-state index in [-0.39, 0.29) is 17.6 Å². The van der Waals surface area contributed by atoms with Gasteiger partial charge in [0.2, 0.25) is 0 Å². The molecule has 0 radical (unpaired) electrons. The molecule has 2 heterocycles. The number of carbonyl (C=O) groups excluding carboxylic acids is 1. The van der Waals surface area contributed by atoms with E-state index in [0.717, 1.165) is 70.0 Å². The van der Waals surface area contributed by atoms with E-state index >= 15 is 0 Å². The quantitative estimate of drug-likeness (QED) is 0.384. The summed E-state index contributed by atoms with van der Waals surface area (Å²) in [6, 6.07) is 9.73. The Morgan fingerprint density at radius 2 is 1.73 bits per heavy atom. The third-order valence-corrected chi connectivity index (χ3v) is 5.32. The standard InChI is InChI=1S/C24H36N6O3.2C2H6/c1-4-9-30(10-5-2)22-18-21(23(31)28-27-20-8-6-7-19(3)17-20)25-24(26-22)33-16-13-29-11-14-32-15-12-29;2*1-2/h6-8,17-18,27H,4-5,9-16H2,1-3H3,(H,28,31);2*1-2H3. The summed E-state index contributed by atoms with van der Waals surface area (Å²) in [4.78, 5) is 26.4. The first kappa shape index (κ1) is 32.1.